The molecule has 0 radical (unpaired) electrons. The molecule has 0 unspecified atom stereocenters. The van der Waals surface area contributed by atoms with E-state index in [-0.39, 0.29) is 0 Å². The van der Waals surface area contributed by atoms with Crippen molar-refractivity contribution in [2.75, 3.05) is 0 Å². The molecule has 0 saturated heterocycles. The lowest BCUT2D eigenvalue weighted by Crippen LogP contribution is -2.04. The summed E-state index contributed by atoms with van der Waals surface area (Å²) in [5.41, 5.74) is 17.8. The van der Waals surface area contributed by atoms with Crippen LogP contribution in [0.15, 0.2) is 279 Å². The second-order valence-corrected chi connectivity index (χ2v) is 21.0. The molecule has 82 heavy (non-hydrogen) atoms. The lowest BCUT2D eigenvalue weighted by atomic mass is 10.00. The zero-order valence-corrected chi connectivity index (χ0v) is 44.1. The summed E-state index contributed by atoms with van der Waals surface area (Å²) in [5, 5.41) is 9.47. The van der Waals surface area contributed by atoms with Crippen LogP contribution in [-0.4, -0.2) is 38.2 Å². The van der Waals surface area contributed by atoms with Gasteiger partial charge in [-0.2, -0.15) is 0 Å². The molecule has 6 heterocycles. The highest BCUT2D eigenvalue weighted by Crippen LogP contribution is 2.47. The van der Waals surface area contributed by atoms with E-state index in [4.69, 9.17) is 19.9 Å². The number of fused-ring (bicyclic) bond motifs is 14. The molecule has 8 nitrogen and oxygen atoms in total. The molecule has 0 aliphatic rings. The molecule has 17 rings (SSSR count). The van der Waals surface area contributed by atoms with Crippen molar-refractivity contribution in [2.24, 2.45) is 0 Å². The number of benzene rings is 11. The Morgan fingerprint density at radius 2 is 0.659 bits per heavy atom. The molecular formula is C74H46N8. The second-order valence-electron chi connectivity index (χ2n) is 21.0. The minimum atomic E-state index is 0.569. The van der Waals surface area contributed by atoms with Gasteiger partial charge in [-0.25, -0.2) is 15.0 Å². The van der Waals surface area contributed by atoms with Crippen molar-refractivity contribution in [3.63, 3.8) is 0 Å². The third-order valence-corrected chi connectivity index (χ3v) is 16.5. The molecule has 0 aliphatic heterocycles. The predicted octanol–water partition coefficient (Wildman–Crippen LogP) is 18.3. The summed E-state index contributed by atoms with van der Waals surface area (Å²) in [6, 6.07) is 95.2. The number of hydrogen-bond donors (Lipinski definition) is 0. The highest BCUT2D eigenvalue weighted by Gasteiger charge is 2.27. The van der Waals surface area contributed by atoms with Gasteiger partial charge >= 0.3 is 0 Å². The second kappa shape index (κ2) is 18.2. The Morgan fingerprint density at radius 1 is 0.256 bits per heavy atom. The molecule has 17 aromatic rings. The first-order valence-corrected chi connectivity index (χ1v) is 27.7. The maximum atomic E-state index is 5.30. The van der Waals surface area contributed by atoms with E-state index in [9.17, 15) is 0 Å². The fourth-order valence-corrected chi connectivity index (χ4v) is 13.0. The predicted molar refractivity (Wildman–Crippen MR) is 337 cm³/mol. The Kier molecular flexibility index (Phi) is 10.1. The quantitative estimate of drug-likeness (QED) is 0.152. The van der Waals surface area contributed by atoms with Crippen molar-refractivity contribution in [1.82, 2.24) is 38.2 Å². The van der Waals surface area contributed by atoms with Gasteiger partial charge in [0.1, 0.15) is 0 Å². The summed E-state index contributed by atoms with van der Waals surface area (Å²) < 4.78 is 9.79. The van der Waals surface area contributed by atoms with Gasteiger partial charge < -0.3 is 18.3 Å². The molecule has 0 spiro atoms. The molecule has 0 saturated carbocycles. The first-order valence-electron chi connectivity index (χ1n) is 27.7. The maximum absolute atomic E-state index is 5.30. The SMILES string of the molecule is c1ccc(-c2nc(-c3ccccc3)nc(-c3ccc(-c4cnccc4-n4c5ccccc5c5c4ccc4c6ccccc6n(-c6ccccc6)c45)c(-n4c5ccccc5c5c4ccc4c6ccccc6n(-c6ccccc6)c45)c3)n2)cc1. The van der Waals surface area contributed by atoms with Crippen molar-refractivity contribution < 1.29 is 0 Å². The highest BCUT2D eigenvalue weighted by molar-refractivity contribution is 6.28. The first-order chi connectivity index (χ1) is 40.7. The molecule has 0 amide bonds. The van der Waals surface area contributed by atoms with Crippen LogP contribution in [0.25, 0.3) is 155 Å². The van der Waals surface area contributed by atoms with E-state index in [1.54, 1.807) is 0 Å². The van der Waals surface area contributed by atoms with Gasteiger partial charge in [0.2, 0.25) is 0 Å². The lowest BCUT2D eigenvalue weighted by molar-refractivity contribution is 1.07. The van der Waals surface area contributed by atoms with Gasteiger partial charge in [0.15, 0.2) is 17.5 Å². The number of hydrogen-bond acceptors (Lipinski definition) is 4. The molecule has 0 aliphatic carbocycles. The smallest absolute Gasteiger partial charge is 0.164 e. The fraction of sp³-hybridized carbons (Fsp3) is 0. The van der Waals surface area contributed by atoms with Crippen LogP contribution < -0.4 is 0 Å². The fourth-order valence-electron chi connectivity index (χ4n) is 13.0. The van der Waals surface area contributed by atoms with E-state index in [1.165, 1.54) is 43.4 Å². The van der Waals surface area contributed by atoms with Gasteiger partial charge in [0.25, 0.3) is 0 Å². The summed E-state index contributed by atoms with van der Waals surface area (Å²) in [5.74, 6) is 1.77. The van der Waals surface area contributed by atoms with Crippen LogP contribution in [0.3, 0.4) is 0 Å². The van der Waals surface area contributed by atoms with Crippen LogP contribution >= 0.6 is 0 Å². The van der Waals surface area contributed by atoms with Gasteiger partial charge in [-0.1, -0.05) is 194 Å². The summed E-state index contributed by atoms with van der Waals surface area (Å²) in [7, 11) is 0. The van der Waals surface area contributed by atoms with Crippen molar-refractivity contribution in [3.05, 3.63) is 279 Å². The van der Waals surface area contributed by atoms with E-state index in [0.717, 1.165) is 94.4 Å². The molecule has 8 heteroatoms. The highest BCUT2D eigenvalue weighted by atomic mass is 15.1. The van der Waals surface area contributed by atoms with Crippen molar-refractivity contribution >= 4 is 87.2 Å². The Bertz CT molecular complexity index is 5330. The number of pyridine rings is 1. The Morgan fingerprint density at radius 3 is 1.15 bits per heavy atom. The number of nitrogens with zero attached hydrogens (tertiary/aromatic N) is 8. The molecule has 382 valence electrons. The third-order valence-electron chi connectivity index (χ3n) is 16.5. The normalized spacial score (nSPS) is 11.9. The van der Waals surface area contributed by atoms with Gasteiger partial charge in [-0.05, 0) is 72.8 Å². The number of para-hydroxylation sites is 6. The maximum Gasteiger partial charge on any atom is 0.164 e. The molecule has 0 bridgehead atoms. The summed E-state index contributed by atoms with van der Waals surface area (Å²) in [6.07, 6.45) is 3.96. The largest absolute Gasteiger partial charge is 0.309 e. The standard InChI is InChI=1S/C74H46N8/c1-5-21-47(22-6-1)72-76-73(48-23-7-2-8-24-48)78-74(77-72)49-37-38-54(67(45-49)82-63-36-20-16-32-58(63)69-66(82)42-40-56-53-30-14-18-34-61(53)80(71(56)69)51-27-11-4-12-28-51)59-46-75-44-43-64(59)81-62-35-19-15-31-57(62)68-65(81)41-39-55-52-29-13-17-33-60(52)79(70(55)68)50-25-9-3-10-26-50/h1-46H. The van der Waals surface area contributed by atoms with Crippen molar-refractivity contribution in [1.29, 1.82) is 0 Å². The lowest BCUT2D eigenvalue weighted by Gasteiger charge is -2.19. The van der Waals surface area contributed by atoms with Crippen LogP contribution in [0.5, 0.6) is 0 Å². The van der Waals surface area contributed by atoms with Crippen LogP contribution in [-0.2, 0) is 0 Å². The zero-order valence-electron chi connectivity index (χ0n) is 44.1. The Labute approximate surface area is 470 Å². The van der Waals surface area contributed by atoms with Gasteiger partial charge in [-0.3, -0.25) is 4.98 Å². The van der Waals surface area contributed by atoms with Crippen molar-refractivity contribution in [3.8, 4) is 68.0 Å². The zero-order chi connectivity index (χ0) is 53.8. The molecular weight excluding hydrogens is 1000 g/mol. The third kappa shape index (κ3) is 6.85. The monoisotopic (exact) mass is 1050 g/mol. The van der Waals surface area contributed by atoms with E-state index in [0.29, 0.717) is 17.5 Å². The number of aromatic nitrogens is 8. The van der Waals surface area contributed by atoms with Crippen molar-refractivity contribution in [2.45, 2.75) is 0 Å². The molecule has 0 N–H and O–H groups in total. The molecule has 0 fully saturated rings. The summed E-state index contributed by atoms with van der Waals surface area (Å²) >= 11 is 0. The summed E-state index contributed by atoms with van der Waals surface area (Å²) in [6.45, 7) is 0. The van der Waals surface area contributed by atoms with E-state index < -0.39 is 0 Å². The minimum Gasteiger partial charge on any atom is -0.309 e. The van der Waals surface area contributed by atoms with Gasteiger partial charge in [0.05, 0.1) is 55.5 Å². The average molecular weight is 1050 g/mol. The molecule has 11 aromatic carbocycles. The van der Waals surface area contributed by atoms with Gasteiger partial charge in [0, 0.05) is 94.7 Å². The Hall–Kier alpha value is -11.2. The molecule has 0 atom stereocenters. The minimum absolute atomic E-state index is 0.569. The topological polar surface area (TPSA) is 71.3 Å². The van der Waals surface area contributed by atoms with Crippen LogP contribution in [0.1, 0.15) is 0 Å². The van der Waals surface area contributed by atoms with E-state index in [1.807, 2.05) is 48.8 Å². The van der Waals surface area contributed by atoms with E-state index in [2.05, 4.69) is 249 Å². The molecule has 6 aromatic heterocycles. The average Bonchev–Trinajstić information content (AvgIpc) is 2.66. The summed E-state index contributed by atoms with van der Waals surface area (Å²) in [4.78, 5) is 20.7. The first kappa shape index (κ1) is 45.8. The van der Waals surface area contributed by atoms with Gasteiger partial charge in [-0.15, -0.1) is 0 Å². The van der Waals surface area contributed by atoms with Crippen LogP contribution in [0.4, 0.5) is 0 Å². The van der Waals surface area contributed by atoms with Crippen LogP contribution in [0, 0.1) is 0 Å². The van der Waals surface area contributed by atoms with Crippen LogP contribution in [0.2, 0.25) is 0 Å². The Balaban J connectivity index is 0.983. The van der Waals surface area contributed by atoms with E-state index >= 15 is 0 Å². The number of rotatable bonds is 8.